The Hall–Kier alpha value is -3.47. The highest BCUT2D eigenvalue weighted by Gasteiger charge is 2.28. The third kappa shape index (κ3) is 2.65. The summed E-state index contributed by atoms with van der Waals surface area (Å²) in [7, 11) is 0. The van der Waals surface area contributed by atoms with Crippen molar-refractivity contribution in [3.05, 3.63) is 97.1 Å². The molecule has 0 N–H and O–H groups in total. The molecule has 1 aliphatic heterocycles. The highest BCUT2D eigenvalue weighted by atomic mass is 32.2. The van der Waals surface area contributed by atoms with Crippen molar-refractivity contribution in [1.82, 2.24) is 0 Å². The van der Waals surface area contributed by atoms with Crippen LogP contribution in [0, 0.1) is 0 Å². The minimum absolute atomic E-state index is 0.579. The van der Waals surface area contributed by atoms with Gasteiger partial charge in [0.2, 0.25) is 0 Å². The Morgan fingerprint density at radius 3 is 2.07 bits per heavy atom. The summed E-state index contributed by atoms with van der Waals surface area (Å²) >= 11 is -1.34. The molecule has 1 aliphatic rings. The monoisotopic (exact) mass is 408 g/mol. The first-order valence-electron chi connectivity index (χ1n) is 9.69. The zero-order chi connectivity index (χ0) is 20.1. The Balaban J connectivity index is 1.57. The largest absolute Gasteiger partial charge is 0.606 e. The fourth-order valence-corrected chi connectivity index (χ4v) is 5.18. The molecule has 0 saturated carbocycles. The number of ether oxygens (including phenoxy) is 2. The molecule has 0 aliphatic carbocycles. The minimum Gasteiger partial charge on any atom is -0.606 e. The maximum absolute atomic E-state index is 13.4. The lowest BCUT2D eigenvalue weighted by Crippen LogP contribution is -2.06. The van der Waals surface area contributed by atoms with Crippen molar-refractivity contribution in [2.24, 2.45) is 0 Å². The van der Waals surface area contributed by atoms with Gasteiger partial charge in [-0.15, -0.1) is 0 Å². The lowest BCUT2D eigenvalue weighted by Gasteiger charge is -2.24. The van der Waals surface area contributed by atoms with Gasteiger partial charge in [0.25, 0.3) is 0 Å². The van der Waals surface area contributed by atoms with Crippen molar-refractivity contribution in [2.45, 2.75) is 9.79 Å². The fraction of sp³-hybridized carbons (Fsp3) is 0. The second-order valence-corrected chi connectivity index (χ2v) is 8.60. The quantitative estimate of drug-likeness (QED) is 0.288. The second-order valence-electron chi connectivity index (χ2n) is 7.15. The summed E-state index contributed by atoms with van der Waals surface area (Å²) < 4.78 is 26.1. The van der Waals surface area contributed by atoms with E-state index >= 15 is 0 Å². The Bertz CT molecular complexity index is 1410. The van der Waals surface area contributed by atoms with Crippen LogP contribution in [-0.2, 0) is 11.2 Å². The van der Waals surface area contributed by atoms with Crippen LogP contribution in [0.2, 0.25) is 0 Å². The van der Waals surface area contributed by atoms with E-state index in [4.69, 9.17) is 9.47 Å². The van der Waals surface area contributed by atoms with Crippen LogP contribution >= 0.6 is 0 Å². The number of hydrogen-bond donors (Lipinski definition) is 0. The molecule has 6 rings (SSSR count). The molecule has 1 unspecified atom stereocenters. The third-order valence-electron chi connectivity index (χ3n) is 5.35. The van der Waals surface area contributed by atoms with Crippen LogP contribution < -0.4 is 9.47 Å². The molecule has 0 saturated heterocycles. The van der Waals surface area contributed by atoms with E-state index in [1.807, 2.05) is 91.0 Å². The van der Waals surface area contributed by atoms with Crippen LogP contribution in [0.25, 0.3) is 21.5 Å². The predicted molar refractivity (Wildman–Crippen MR) is 119 cm³/mol. The van der Waals surface area contributed by atoms with Crippen molar-refractivity contribution >= 4 is 32.7 Å². The van der Waals surface area contributed by atoms with Gasteiger partial charge in [0.05, 0.1) is 0 Å². The maximum Gasteiger partial charge on any atom is 0.178 e. The van der Waals surface area contributed by atoms with Crippen LogP contribution in [-0.4, -0.2) is 4.55 Å². The van der Waals surface area contributed by atoms with Crippen LogP contribution in [0.5, 0.6) is 23.0 Å². The van der Waals surface area contributed by atoms with E-state index in [1.54, 1.807) is 0 Å². The average molecular weight is 408 g/mol. The van der Waals surface area contributed by atoms with Gasteiger partial charge in [-0.1, -0.05) is 66.7 Å². The summed E-state index contributed by atoms with van der Waals surface area (Å²) in [6.07, 6.45) is 0. The number of rotatable bonds is 2. The van der Waals surface area contributed by atoms with E-state index in [0.717, 1.165) is 26.4 Å². The summed E-state index contributed by atoms with van der Waals surface area (Å²) in [6, 6.07) is 31.2. The molecular weight excluding hydrogens is 392 g/mol. The molecule has 0 fully saturated rings. The fourth-order valence-electron chi connectivity index (χ4n) is 3.93. The van der Waals surface area contributed by atoms with Crippen molar-refractivity contribution in [1.29, 1.82) is 0 Å². The first-order chi connectivity index (χ1) is 14.8. The molecule has 0 radical (unpaired) electrons. The molecule has 5 aromatic carbocycles. The predicted octanol–water partition coefficient (Wildman–Crippen LogP) is 7.06. The second kappa shape index (κ2) is 6.80. The van der Waals surface area contributed by atoms with Crippen molar-refractivity contribution < 1.29 is 14.0 Å². The Kier molecular flexibility index (Phi) is 3.94. The molecule has 0 amide bonds. The number of benzene rings is 5. The van der Waals surface area contributed by atoms with Crippen LogP contribution in [0.15, 0.2) is 107 Å². The topological polar surface area (TPSA) is 41.5 Å². The van der Waals surface area contributed by atoms with Gasteiger partial charge in [0.15, 0.2) is 32.8 Å². The summed E-state index contributed by atoms with van der Waals surface area (Å²) in [5.41, 5.74) is 0. The summed E-state index contributed by atoms with van der Waals surface area (Å²) in [4.78, 5) is 1.47. The highest BCUT2D eigenvalue weighted by molar-refractivity contribution is 7.91. The van der Waals surface area contributed by atoms with Crippen molar-refractivity contribution in [3.8, 4) is 23.0 Å². The molecule has 144 valence electrons. The van der Waals surface area contributed by atoms with Gasteiger partial charge in [-0.05, 0) is 29.7 Å². The highest BCUT2D eigenvalue weighted by Crippen LogP contribution is 2.52. The van der Waals surface area contributed by atoms with E-state index < -0.39 is 11.2 Å². The molecule has 0 aromatic heterocycles. The van der Waals surface area contributed by atoms with E-state index in [1.165, 1.54) is 0 Å². The standard InChI is InChI=1S/C26H16O3S/c27-30(18-9-2-1-3-10-18)24-16-23-26(21-13-7-6-12-20(21)24)29-25-19-11-5-4-8-17(19)14-15-22(25)28-23/h1-16H. The molecule has 30 heavy (non-hydrogen) atoms. The van der Waals surface area contributed by atoms with Gasteiger partial charge in [0.1, 0.15) is 0 Å². The van der Waals surface area contributed by atoms with Crippen molar-refractivity contribution in [2.75, 3.05) is 0 Å². The lowest BCUT2D eigenvalue weighted by atomic mass is 10.1. The Morgan fingerprint density at radius 1 is 0.567 bits per heavy atom. The molecule has 0 spiro atoms. The minimum atomic E-state index is -1.34. The first-order valence-corrected chi connectivity index (χ1v) is 10.8. The zero-order valence-corrected chi connectivity index (χ0v) is 16.7. The Morgan fingerprint density at radius 2 is 1.23 bits per heavy atom. The van der Waals surface area contributed by atoms with E-state index in [2.05, 4.69) is 6.07 Å². The molecule has 0 bridgehead atoms. The molecule has 1 atom stereocenters. The normalized spacial score (nSPS) is 13.2. The van der Waals surface area contributed by atoms with E-state index in [9.17, 15) is 4.55 Å². The average Bonchev–Trinajstić information content (AvgIpc) is 2.82. The SMILES string of the molecule is [O-][S+](c1ccccc1)c1cc2c(c3ccccc13)Oc1c(ccc3ccccc13)O2. The van der Waals surface area contributed by atoms with Crippen molar-refractivity contribution in [3.63, 3.8) is 0 Å². The summed E-state index contributed by atoms with van der Waals surface area (Å²) in [5, 5.41) is 3.87. The van der Waals surface area contributed by atoms with Gasteiger partial charge in [-0.3, -0.25) is 0 Å². The lowest BCUT2D eigenvalue weighted by molar-refractivity contribution is 0.366. The molecular formula is C26H16O3S. The number of hydrogen-bond acceptors (Lipinski definition) is 3. The van der Waals surface area contributed by atoms with Crippen LogP contribution in [0.4, 0.5) is 0 Å². The first kappa shape index (κ1) is 17.4. The van der Waals surface area contributed by atoms with E-state index in [-0.39, 0.29) is 0 Å². The van der Waals surface area contributed by atoms with Gasteiger partial charge in [0, 0.05) is 33.4 Å². The smallest absolute Gasteiger partial charge is 0.178 e. The Labute approximate surface area is 176 Å². The molecule has 1 heterocycles. The molecule has 5 aromatic rings. The molecule has 4 heteroatoms. The van der Waals surface area contributed by atoms with Gasteiger partial charge < -0.3 is 14.0 Å². The van der Waals surface area contributed by atoms with Gasteiger partial charge >= 0.3 is 0 Å². The van der Waals surface area contributed by atoms with Crippen LogP contribution in [0.1, 0.15) is 0 Å². The maximum atomic E-state index is 13.4. The van der Waals surface area contributed by atoms with E-state index in [0.29, 0.717) is 27.9 Å². The number of fused-ring (bicyclic) bond motifs is 6. The zero-order valence-electron chi connectivity index (χ0n) is 15.9. The molecule has 3 nitrogen and oxygen atoms in total. The van der Waals surface area contributed by atoms with Crippen LogP contribution in [0.3, 0.4) is 0 Å². The summed E-state index contributed by atoms with van der Waals surface area (Å²) in [6.45, 7) is 0. The van der Waals surface area contributed by atoms with Gasteiger partial charge in [-0.25, -0.2) is 0 Å². The third-order valence-corrected chi connectivity index (χ3v) is 6.79. The summed E-state index contributed by atoms with van der Waals surface area (Å²) in [5.74, 6) is 2.61. The van der Waals surface area contributed by atoms with Gasteiger partial charge in [-0.2, -0.15) is 0 Å².